The van der Waals surface area contributed by atoms with Gasteiger partial charge in [-0.25, -0.2) is 9.78 Å². The first-order chi connectivity index (χ1) is 19.6. The van der Waals surface area contributed by atoms with Gasteiger partial charge in [0.15, 0.2) is 5.12 Å². The molecule has 2 amide bonds. The molecule has 4 bridgehead atoms. The van der Waals surface area contributed by atoms with E-state index in [1.54, 1.807) is 6.92 Å². The number of hydrogen-bond donors (Lipinski definition) is 2. The fourth-order valence-electron chi connectivity index (χ4n) is 5.02. The number of cyclic esters (lactones) is 1. The highest BCUT2D eigenvalue weighted by atomic mass is 32.2. The smallest absolute Gasteiger partial charge is 0.329 e. The Kier molecular flexibility index (Phi) is 11.3. The van der Waals surface area contributed by atoms with Crippen molar-refractivity contribution in [2.24, 2.45) is 22.7 Å². The summed E-state index contributed by atoms with van der Waals surface area (Å²) in [7, 11) is 0. The van der Waals surface area contributed by atoms with Gasteiger partial charge in [0.25, 0.3) is 0 Å². The van der Waals surface area contributed by atoms with Gasteiger partial charge in [0.2, 0.25) is 11.8 Å². The second-order valence-corrected chi connectivity index (χ2v) is 14.7. The third-order valence-corrected chi connectivity index (χ3v) is 11.0. The standard InChI is InChI=1S/C29H42N4O5S3/c1-5-6-7-8-9-10-24(35)40-14-18-11-19(18)21-12-22(34)30-13-23-31-20(15-39-23)26-33-29(4,16-41-26)28(37)32-25(17(2)3)27(36)38-21/h15,17-19,21,25H,5-14,16H2,1-4H3,(H,30,34)(H,32,37)/t18?,19?,21?,25-,29-/m0/s1. The number of carbonyl (C=O) groups excluding carboxylic acids is 4. The highest BCUT2D eigenvalue weighted by Gasteiger charge is 2.47. The molecule has 1 aliphatic carbocycles. The molecule has 9 nitrogen and oxygen atoms in total. The number of aromatic nitrogens is 1. The van der Waals surface area contributed by atoms with Crippen molar-refractivity contribution in [1.29, 1.82) is 0 Å². The molecule has 2 aliphatic heterocycles. The molecule has 2 N–H and O–H groups in total. The lowest BCUT2D eigenvalue weighted by Crippen LogP contribution is -2.53. The van der Waals surface area contributed by atoms with Gasteiger partial charge in [-0.3, -0.25) is 19.4 Å². The van der Waals surface area contributed by atoms with Crippen molar-refractivity contribution in [2.45, 2.75) is 103 Å². The third-order valence-electron chi connectivity index (χ3n) is 7.79. The number of aliphatic imine (C=N–C) groups is 1. The molecule has 5 atom stereocenters. The Balaban J connectivity index is 1.43. The number of ether oxygens (including phenoxy) is 1. The number of amides is 2. The average Bonchev–Trinajstić information content (AvgIpc) is 3.34. The zero-order valence-corrected chi connectivity index (χ0v) is 26.9. The number of thioether (sulfide) groups is 2. The van der Waals surface area contributed by atoms with Gasteiger partial charge in [-0.05, 0) is 31.6 Å². The van der Waals surface area contributed by atoms with Crippen LogP contribution in [0.3, 0.4) is 0 Å². The van der Waals surface area contributed by atoms with E-state index in [1.807, 2.05) is 19.2 Å². The van der Waals surface area contributed by atoms with Gasteiger partial charge in [0.05, 0.1) is 13.0 Å². The maximum absolute atomic E-state index is 13.4. The molecule has 3 unspecified atom stereocenters. The minimum atomic E-state index is -1.02. The van der Waals surface area contributed by atoms with E-state index >= 15 is 0 Å². The average molecular weight is 623 g/mol. The number of esters is 1. The van der Waals surface area contributed by atoms with E-state index in [-0.39, 0.29) is 47.6 Å². The number of carbonyl (C=O) groups is 4. The van der Waals surface area contributed by atoms with Crippen LogP contribution < -0.4 is 10.6 Å². The van der Waals surface area contributed by atoms with Crippen molar-refractivity contribution in [3.05, 3.63) is 16.1 Å². The summed E-state index contributed by atoms with van der Waals surface area (Å²) < 4.78 is 5.99. The molecular weight excluding hydrogens is 581 g/mol. The molecule has 0 aromatic carbocycles. The monoisotopic (exact) mass is 622 g/mol. The summed E-state index contributed by atoms with van der Waals surface area (Å²) in [5, 5.41) is 9.33. The van der Waals surface area contributed by atoms with E-state index in [0.717, 1.165) is 24.3 Å². The van der Waals surface area contributed by atoms with Gasteiger partial charge in [0, 0.05) is 29.2 Å². The SMILES string of the molecule is CCCCCCCC(=O)SCC1CC1C1CC(=O)NCc2nc(cs2)C2=N[C@@](C)(CS2)C(=O)N[C@@H](C(C)C)C(=O)O1. The van der Waals surface area contributed by atoms with Crippen molar-refractivity contribution in [1.82, 2.24) is 15.6 Å². The Labute approximate surface area is 255 Å². The van der Waals surface area contributed by atoms with Crippen LogP contribution in [0.15, 0.2) is 10.4 Å². The second-order valence-electron chi connectivity index (χ2n) is 11.8. The van der Waals surface area contributed by atoms with E-state index in [2.05, 4.69) is 27.5 Å². The summed E-state index contributed by atoms with van der Waals surface area (Å²) >= 11 is 4.25. The van der Waals surface area contributed by atoms with Crippen molar-refractivity contribution in [2.75, 3.05) is 11.5 Å². The zero-order valence-electron chi connectivity index (χ0n) is 24.4. The maximum atomic E-state index is 13.4. The minimum absolute atomic E-state index is 0.000625. The number of nitrogens with one attached hydrogen (secondary N) is 2. The van der Waals surface area contributed by atoms with E-state index in [1.165, 1.54) is 54.1 Å². The molecule has 1 aromatic heterocycles. The third kappa shape index (κ3) is 8.79. The van der Waals surface area contributed by atoms with Crippen LogP contribution in [0.5, 0.6) is 0 Å². The van der Waals surface area contributed by atoms with Gasteiger partial charge in [0.1, 0.15) is 33.4 Å². The Morgan fingerprint density at radius 1 is 1.22 bits per heavy atom. The number of unbranched alkanes of at least 4 members (excludes halogenated alkanes) is 4. The minimum Gasteiger partial charge on any atom is -0.460 e. The Bertz CT molecular complexity index is 1160. The van der Waals surface area contributed by atoms with Crippen LogP contribution in [-0.2, 0) is 30.5 Å². The molecule has 12 heteroatoms. The van der Waals surface area contributed by atoms with Gasteiger partial charge in [-0.15, -0.1) is 23.1 Å². The number of rotatable bonds is 10. The molecule has 4 rings (SSSR count). The summed E-state index contributed by atoms with van der Waals surface area (Å²) in [6.07, 6.45) is 6.35. The normalized spacial score (nSPS) is 28.6. The van der Waals surface area contributed by atoms with Gasteiger partial charge >= 0.3 is 5.97 Å². The van der Waals surface area contributed by atoms with Crippen LogP contribution in [0.1, 0.15) is 89.8 Å². The van der Waals surface area contributed by atoms with Crippen LogP contribution in [0.4, 0.5) is 0 Å². The first-order valence-electron chi connectivity index (χ1n) is 14.7. The predicted octanol–water partition coefficient (Wildman–Crippen LogP) is 4.72. The molecule has 226 valence electrons. The first-order valence-corrected chi connectivity index (χ1v) is 17.6. The molecule has 41 heavy (non-hydrogen) atoms. The van der Waals surface area contributed by atoms with E-state index < -0.39 is 23.7 Å². The van der Waals surface area contributed by atoms with Crippen LogP contribution in [0.2, 0.25) is 0 Å². The molecule has 0 spiro atoms. The molecule has 0 radical (unpaired) electrons. The molecule has 3 heterocycles. The lowest BCUT2D eigenvalue weighted by Gasteiger charge is -2.28. The highest BCUT2D eigenvalue weighted by molar-refractivity contribution is 8.14. The lowest BCUT2D eigenvalue weighted by molar-refractivity contribution is -0.157. The molecule has 1 saturated carbocycles. The van der Waals surface area contributed by atoms with Gasteiger partial charge < -0.3 is 15.4 Å². The molecular formula is C29H42N4O5S3. The van der Waals surface area contributed by atoms with Crippen LogP contribution in [0, 0.1) is 17.8 Å². The number of hydrogen-bond acceptors (Lipinski definition) is 10. The first kappa shape index (κ1) is 32.0. The molecule has 1 fully saturated rings. The Morgan fingerprint density at radius 2 is 2.00 bits per heavy atom. The van der Waals surface area contributed by atoms with E-state index in [9.17, 15) is 19.2 Å². The van der Waals surface area contributed by atoms with Crippen molar-refractivity contribution in [3.8, 4) is 0 Å². The number of thiazole rings is 1. The van der Waals surface area contributed by atoms with Gasteiger partial charge in [-0.2, -0.15) is 0 Å². The topological polar surface area (TPSA) is 127 Å². The summed E-state index contributed by atoms with van der Waals surface area (Å²) in [5.41, 5.74) is -0.331. The maximum Gasteiger partial charge on any atom is 0.329 e. The summed E-state index contributed by atoms with van der Waals surface area (Å²) in [6, 6.07) is -0.867. The van der Waals surface area contributed by atoms with E-state index in [0.29, 0.717) is 28.7 Å². The fraction of sp³-hybridized carbons (Fsp3) is 0.724. The number of nitrogens with zero attached hydrogens (tertiary/aromatic N) is 2. The molecule has 1 aromatic rings. The summed E-state index contributed by atoms with van der Waals surface area (Å²) in [4.78, 5) is 61.5. The van der Waals surface area contributed by atoms with Crippen molar-refractivity contribution >= 4 is 62.8 Å². The Morgan fingerprint density at radius 3 is 2.76 bits per heavy atom. The van der Waals surface area contributed by atoms with E-state index in [4.69, 9.17) is 4.74 Å². The van der Waals surface area contributed by atoms with Crippen molar-refractivity contribution in [3.63, 3.8) is 0 Å². The molecule has 3 aliphatic rings. The lowest BCUT2D eigenvalue weighted by atomic mass is 10.00. The summed E-state index contributed by atoms with van der Waals surface area (Å²) in [5.74, 6) is -0.00547. The quantitative estimate of drug-likeness (QED) is 0.284. The number of fused-ring (bicyclic) bond motifs is 4. The second kappa shape index (κ2) is 14.5. The largest absolute Gasteiger partial charge is 0.460 e. The van der Waals surface area contributed by atoms with Gasteiger partial charge in [-0.1, -0.05) is 58.2 Å². The Hall–Kier alpha value is -1.92. The molecule has 0 saturated heterocycles. The van der Waals surface area contributed by atoms with Crippen LogP contribution in [0.25, 0.3) is 0 Å². The highest BCUT2D eigenvalue weighted by Crippen LogP contribution is 2.46. The fourth-order valence-corrected chi connectivity index (χ4v) is 8.02. The summed E-state index contributed by atoms with van der Waals surface area (Å²) in [6.45, 7) is 7.92. The van der Waals surface area contributed by atoms with Crippen LogP contribution >= 0.6 is 34.9 Å². The van der Waals surface area contributed by atoms with Crippen molar-refractivity contribution < 1.29 is 23.9 Å². The van der Waals surface area contributed by atoms with Crippen LogP contribution in [-0.4, -0.2) is 62.1 Å². The zero-order chi connectivity index (χ0) is 29.6. The predicted molar refractivity (Wildman–Crippen MR) is 165 cm³/mol.